The molecule has 1 saturated heterocycles. The van der Waals surface area contributed by atoms with Crippen LogP contribution in [0.15, 0.2) is 0 Å². The first kappa shape index (κ1) is 15.8. The Morgan fingerprint density at radius 3 is 2.32 bits per heavy atom. The number of carboxylic acid groups (broad SMARTS) is 1. The van der Waals surface area contributed by atoms with Crippen molar-refractivity contribution in [2.24, 2.45) is 22.7 Å². The van der Waals surface area contributed by atoms with Crippen LogP contribution in [-0.4, -0.2) is 34.5 Å². The summed E-state index contributed by atoms with van der Waals surface area (Å²) < 4.78 is 0. The van der Waals surface area contributed by atoms with Gasteiger partial charge in [0.1, 0.15) is 0 Å². The molecule has 0 radical (unpaired) electrons. The Morgan fingerprint density at radius 1 is 1.05 bits per heavy atom. The predicted molar refractivity (Wildman–Crippen MR) is 84.3 cm³/mol. The highest BCUT2D eigenvalue weighted by Gasteiger charge is 2.52. The molecule has 0 unspecified atom stereocenters. The third kappa shape index (κ3) is 2.77. The first-order chi connectivity index (χ1) is 10.2. The zero-order valence-corrected chi connectivity index (χ0v) is 14.1. The Balaban J connectivity index is 1.79. The molecule has 3 aliphatic rings. The minimum absolute atomic E-state index is 0.124. The summed E-state index contributed by atoms with van der Waals surface area (Å²) in [6, 6.07) is 0.317. The highest BCUT2D eigenvalue weighted by Crippen LogP contribution is 2.53. The molecule has 0 aromatic rings. The lowest BCUT2D eigenvalue weighted by Crippen LogP contribution is -2.45. The molecule has 4 heteroatoms. The molecule has 0 spiro atoms. The molecule has 22 heavy (non-hydrogen) atoms. The summed E-state index contributed by atoms with van der Waals surface area (Å²) >= 11 is 0. The van der Waals surface area contributed by atoms with Crippen LogP contribution >= 0.6 is 0 Å². The molecule has 1 heterocycles. The van der Waals surface area contributed by atoms with Crippen molar-refractivity contribution < 1.29 is 14.7 Å². The maximum Gasteiger partial charge on any atom is 0.307 e. The predicted octanol–water partition coefficient (Wildman–Crippen LogP) is 3.30. The van der Waals surface area contributed by atoms with Crippen LogP contribution in [0.5, 0.6) is 0 Å². The van der Waals surface area contributed by atoms with Gasteiger partial charge in [0.15, 0.2) is 0 Å². The maximum atomic E-state index is 13.1. The summed E-state index contributed by atoms with van der Waals surface area (Å²) in [5.41, 5.74) is 0.501. The minimum atomic E-state index is -0.785. The van der Waals surface area contributed by atoms with Crippen molar-refractivity contribution in [3.63, 3.8) is 0 Å². The van der Waals surface area contributed by atoms with Crippen LogP contribution in [0.3, 0.4) is 0 Å². The van der Waals surface area contributed by atoms with Crippen molar-refractivity contribution in [1.29, 1.82) is 0 Å². The van der Waals surface area contributed by atoms with E-state index in [1.54, 1.807) is 0 Å². The number of fused-ring (bicyclic) bond motifs is 2. The summed E-state index contributed by atoms with van der Waals surface area (Å²) in [5.74, 6) is -1.43. The number of likely N-dealkylation sites (tertiary alicyclic amines) is 1. The molecule has 3 fully saturated rings. The third-order valence-electron chi connectivity index (χ3n) is 6.10. The molecular weight excluding hydrogens is 278 g/mol. The van der Waals surface area contributed by atoms with Gasteiger partial charge < -0.3 is 10.0 Å². The number of nitrogens with zero attached hydrogens (tertiary/aromatic N) is 1. The van der Waals surface area contributed by atoms with Crippen LogP contribution in [-0.2, 0) is 9.59 Å². The zero-order valence-electron chi connectivity index (χ0n) is 14.1. The molecule has 0 aromatic carbocycles. The third-order valence-corrected chi connectivity index (χ3v) is 6.10. The molecule has 1 N–H and O–H groups in total. The van der Waals surface area contributed by atoms with Gasteiger partial charge in [-0.05, 0) is 42.9 Å². The Hall–Kier alpha value is -1.06. The van der Waals surface area contributed by atoms with Crippen LogP contribution in [0, 0.1) is 22.7 Å². The average molecular weight is 307 g/mol. The van der Waals surface area contributed by atoms with Gasteiger partial charge in [-0.3, -0.25) is 9.59 Å². The summed E-state index contributed by atoms with van der Waals surface area (Å²) in [4.78, 5) is 26.6. The van der Waals surface area contributed by atoms with Gasteiger partial charge >= 0.3 is 5.97 Å². The number of carboxylic acids is 1. The summed E-state index contributed by atoms with van der Waals surface area (Å²) in [7, 11) is 0. The van der Waals surface area contributed by atoms with E-state index in [9.17, 15) is 14.7 Å². The standard InChI is InChI=1S/C18H29NO3/c1-17(2)8-12-9-18(3,10-17)11-19(12)15(20)13-6-4-5-7-14(13)16(21)22/h12-14H,4-11H2,1-3H3,(H,21,22)/t12-,13+,14+,18+/m0/s1. The van der Waals surface area contributed by atoms with Gasteiger partial charge in [0.2, 0.25) is 5.91 Å². The van der Waals surface area contributed by atoms with Crippen molar-refractivity contribution in [3.05, 3.63) is 0 Å². The molecule has 2 bridgehead atoms. The van der Waals surface area contributed by atoms with Crippen molar-refractivity contribution in [1.82, 2.24) is 4.90 Å². The number of carbonyl (C=O) groups is 2. The fourth-order valence-electron chi connectivity index (χ4n) is 5.65. The van der Waals surface area contributed by atoms with Gasteiger partial charge in [0, 0.05) is 12.6 Å². The Morgan fingerprint density at radius 2 is 1.68 bits per heavy atom. The van der Waals surface area contributed by atoms with Crippen molar-refractivity contribution >= 4 is 11.9 Å². The summed E-state index contributed by atoms with van der Waals surface area (Å²) in [6.45, 7) is 7.71. The van der Waals surface area contributed by atoms with Gasteiger partial charge in [0.05, 0.1) is 11.8 Å². The number of aliphatic carboxylic acids is 1. The lowest BCUT2D eigenvalue weighted by Gasteiger charge is -2.40. The van der Waals surface area contributed by atoms with E-state index < -0.39 is 11.9 Å². The first-order valence-electron chi connectivity index (χ1n) is 8.74. The molecule has 124 valence electrons. The van der Waals surface area contributed by atoms with Crippen molar-refractivity contribution in [3.8, 4) is 0 Å². The molecule has 2 saturated carbocycles. The van der Waals surface area contributed by atoms with E-state index in [0.717, 1.165) is 45.1 Å². The van der Waals surface area contributed by atoms with Gasteiger partial charge in [-0.25, -0.2) is 0 Å². The molecule has 4 nitrogen and oxygen atoms in total. The van der Waals surface area contributed by atoms with Gasteiger partial charge in [-0.1, -0.05) is 33.6 Å². The minimum Gasteiger partial charge on any atom is -0.481 e. The summed E-state index contributed by atoms with van der Waals surface area (Å²) in [5, 5.41) is 9.45. The van der Waals surface area contributed by atoms with E-state index in [0.29, 0.717) is 12.5 Å². The fourth-order valence-corrected chi connectivity index (χ4v) is 5.65. The topological polar surface area (TPSA) is 57.6 Å². The highest BCUT2D eigenvalue weighted by molar-refractivity contribution is 5.85. The second kappa shape index (κ2) is 5.24. The molecule has 2 aliphatic carbocycles. The second-order valence-corrected chi connectivity index (χ2v) is 9.02. The van der Waals surface area contributed by atoms with Gasteiger partial charge in [0.25, 0.3) is 0 Å². The van der Waals surface area contributed by atoms with Crippen LogP contribution in [0.4, 0.5) is 0 Å². The molecule has 1 amide bonds. The lowest BCUT2D eigenvalue weighted by molar-refractivity contribution is -0.152. The van der Waals surface area contributed by atoms with Crippen LogP contribution < -0.4 is 0 Å². The Labute approximate surface area is 133 Å². The quantitative estimate of drug-likeness (QED) is 0.851. The number of carbonyl (C=O) groups excluding carboxylic acids is 1. The SMILES string of the molecule is CC1(C)C[C@H]2C[C@@](C)(CN2C(=O)[C@@H]2CCCC[C@H]2C(=O)O)C1. The monoisotopic (exact) mass is 307 g/mol. The molecular formula is C18H29NO3. The van der Waals surface area contributed by atoms with Crippen LogP contribution in [0.2, 0.25) is 0 Å². The summed E-state index contributed by atoms with van der Waals surface area (Å²) in [6.07, 6.45) is 6.64. The number of rotatable bonds is 2. The van der Waals surface area contributed by atoms with Crippen LogP contribution in [0.25, 0.3) is 0 Å². The molecule has 1 aliphatic heterocycles. The van der Waals surface area contributed by atoms with Gasteiger partial charge in [-0.2, -0.15) is 0 Å². The molecule has 0 aromatic heterocycles. The van der Waals surface area contributed by atoms with Crippen molar-refractivity contribution in [2.45, 2.75) is 71.8 Å². The Bertz CT molecular complexity index is 487. The number of amides is 1. The number of hydrogen-bond acceptors (Lipinski definition) is 2. The van der Waals surface area contributed by atoms with Gasteiger partial charge in [-0.15, -0.1) is 0 Å². The normalized spacial score (nSPS) is 40.5. The number of hydrogen-bond donors (Lipinski definition) is 1. The average Bonchev–Trinajstić information content (AvgIpc) is 2.67. The van der Waals surface area contributed by atoms with E-state index in [-0.39, 0.29) is 22.7 Å². The molecule has 4 atom stereocenters. The Kier molecular flexibility index (Phi) is 3.77. The fraction of sp³-hybridized carbons (Fsp3) is 0.889. The van der Waals surface area contributed by atoms with E-state index >= 15 is 0 Å². The first-order valence-corrected chi connectivity index (χ1v) is 8.74. The van der Waals surface area contributed by atoms with E-state index in [2.05, 4.69) is 25.7 Å². The smallest absolute Gasteiger partial charge is 0.307 e. The van der Waals surface area contributed by atoms with E-state index in [4.69, 9.17) is 0 Å². The van der Waals surface area contributed by atoms with E-state index in [1.807, 2.05) is 0 Å². The largest absolute Gasteiger partial charge is 0.481 e. The van der Waals surface area contributed by atoms with Crippen LogP contribution in [0.1, 0.15) is 65.7 Å². The highest BCUT2D eigenvalue weighted by atomic mass is 16.4. The van der Waals surface area contributed by atoms with E-state index in [1.165, 1.54) is 0 Å². The van der Waals surface area contributed by atoms with Crippen molar-refractivity contribution in [2.75, 3.05) is 6.54 Å². The lowest BCUT2D eigenvalue weighted by atomic mass is 9.65. The zero-order chi connectivity index (χ0) is 16.1. The maximum absolute atomic E-state index is 13.1. The molecule has 3 rings (SSSR count). The second-order valence-electron chi connectivity index (χ2n) is 9.02.